The monoisotopic (exact) mass is 365 g/mol. The third-order valence-corrected chi connectivity index (χ3v) is 4.86. The molecule has 1 aromatic carbocycles. The summed E-state index contributed by atoms with van der Waals surface area (Å²) < 4.78 is 0. The van der Waals surface area contributed by atoms with Gasteiger partial charge in [0.05, 0.1) is 0 Å². The number of aromatic nitrogens is 2. The minimum absolute atomic E-state index is 0.843. The highest BCUT2D eigenvalue weighted by atomic mass is 15.3. The number of hydrogen-bond donors (Lipinski definition) is 1. The first-order valence-electron chi connectivity index (χ1n) is 10.1. The average molecular weight is 366 g/mol. The SMILES string of the molecule is CCCCCNc1ccnc(N2CCN(C/C=C/c3ccccc3)CC2)n1. The summed E-state index contributed by atoms with van der Waals surface area (Å²) in [6.07, 6.45) is 9.99. The zero-order valence-electron chi connectivity index (χ0n) is 16.3. The van der Waals surface area contributed by atoms with E-state index in [1.807, 2.05) is 18.3 Å². The lowest BCUT2D eigenvalue weighted by molar-refractivity contribution is 0.283. The van der Waals surface area contributed by atoms with Crippen molar-refractivity contribution >= 4 is 17.8 Å². The molecule has 0 saturated carbocycles. The number of nitrogens with one attached hydrogen (secondary N) is 1. The molecule has 0 radical (unpaired) electrons. The Hall–Kier alpha value is -2.40. The van der Waals surface area contributed by atoms with Crippen molar-refractivity contribution in [1.82, 2.24) is 14.9 Å². The molecule has 1 fully saturated rings. The predicted octanol–water partition coefficient (Wildman–Crippen LogP) is 3.91. The highest BCUT2D eigenvalue weighted by Gasteiger charge is 2.18. The van der Waals surface area contributed by atoms with Crippen molar-refractivity contribution in [1.29, 1.82) is 0 Å². The fourth-order valence-electron chi connectivity index (χ4n) is 3.22. The third-order valence-electron chi connectivity index (χ3n) is 4.86. The molecule has 1 aliphatic heterocycles. The van der Waals surface area contributed by atoms with Crippen LogP contribution in [0.25, 0.3) is 6.08 Å². The van der Waals surface area contributed by atoms with Crippen LogP contribution in [0, 0.1) is 0 Å². The van der Waals surface area contributed by atoms with E-state index >= 15 is 0 Å². The first kappa shape index (κ1) is 19.4. The molecule has 5 heteroatoms. The Bertz CT molecular complexity index is 693. The molecule has 5 nitrogen and oxygen atoms in total. The van der Waals surface area contributed by atoms with Crippen molar-refractivity contribution in [3.05, 3.63) is 54.2 Å². The van der Waals surface area contributed by atoms with E-state index in [0.717, 1.165) is 51.0 Å². The molecule has 2 aromatic rings. The van der Waals surface area contributed by atoms with Crippen LogP contribution in [-0.2, 0) is 0 Å². The van der Waals surface area contributed by atoms with Crippen LogP contribution >= 0.6 is 0 Å². The van der Waals surface area contributed by atoms with Crippen LogP contribution in [0.1, 0.15) is 31.7 Å². The summed E-state index contributed by atoms with van der Waals surface area (Å²) in [4.78, 5) is 13.9. The van der Waals surface area contributed by atoms with Crippen molar-refractivity contribution < 1.29 is 0 Å². The molecular formula is C22H31N5. The van der Waals surface area contributed by atoms with E-state index in [9.17, 15) is 0 Å². The van der Waals surface area contributed by atoms with Gasteiger partial charge in [0.1, 0.15) is 5.82 Å². The van der Waals surface area contributed by atoms with Crippen LogP contribution in [0.3, 0.4) is 0 Å². The topological polar surface area (TPSA) is 44.3 Å². The van der Waals surface area contributed by atoms with Crippen molar-refractivity contribution in [3.8, 4) is 0 Å². The Kier molecular flexibility index (Phi) is 7.66. The molecule has 144 valence electrons. The van der Waals surface area contributed by atoms with Gasteiger partial charge < -0.3 is 10.2 Å². The van der Waals surface area contributed by atoms with Crippen molar-refractivity contribution in [2.75, 3.05) is 49.5 Å². The number of anilines is 2. The summed E-state index contributed by atoms with van der Waals surface area (Å²) in [5.41, 5.74) is 1.26. The predicted molar refractivity (Wildman–Crippen MR) is 114 cm³/mol. The van der Waals surface area contributed by atoms with E-state index in [1.54, 1.807) is 0 Å². The van der Waals surface area contributed by atoms with Crippen LogP contribution in [0.2, 0.25) is 0 Å². The van der Waals surface area contributed by atoms with Gasteiger partial charge in [0.2, 0.25) is 5.95 Å². The van der Waals surface area contributed by atoms with Crippen molar-refractivity contribution in [3.63, 3.8) is 0 Å². The van der Waals surface area contributed by atoms with E-state index in [2.05, 4.69) is 63.4 Å². The standard InChI is InChI=1S/C22H31N5/c1-2-3-7-13-23-21-12-14-24-22(25-21)27-18-16-26(17-19-27)15-8-11-20-9-5-4-6-10-20/h4-6,8-12,14H,2-3,7,13,15-19H2,1H3,(H,23,24,25)/b11-8+. The van der Waals surface area contributed by atoms with Crippen LogP contribution in [-0.4, -0.2) is 54.1 Å². The minimum Gasteiger partial charge on any atom is -0.370 e. The van der Waals surface area contributed by atoms with Crippen LogP contribution in [0.15, 0.2) is 48.7 Å². The van der Waals surface area contributed by atoms with Crippen molar-refractivity contribution in [2.24, 2.45) is 0 Å². The molecule has 0 atom stereocenters. The summed E-state index contributed by atoms with van der Waals surface area (Å²) >= 11 is 0. The largest absolute Gasteiger partial charge is 0.370 e. The number of rotatable bonds is 9. The van der Waals surface area contributed by atoms with Gasteiger partial charge in [-0.15, -0.1) is 0 Å². The molecule has 1 aromatic heterocycles. The van der Waals surface area contributed by atoms with Gasteiger partial charge in [-0.2, -0.15) is 4.98 Å². The molecule has 0 amide bonds. The molecule has 3 rings (SSSR count). The molecule has 1 saturated heterocycles. The van der Waals surface area contributed by atoms with E-state index < -0.39 is 0 Å². The minimum atomic E-state index is 0.843. The molecule has 1 aliphatic rings. The van der Waals surface area contributed by atoms with Crippen LogP contribution in [0.5, 0.6) is 0 Å². The first-order valence-corrected chi connectivity index (χ1v) is 10.1. The summed E-state index contributed by atoms with van der Waals surface area (Å²) in [7, 11) is 0. The highest BCUT2D eigenvalue weighted by molar-refractivity contribution is 5.48. The lowest BCUT2D eigenvalue weighted by Crippen LogP contribution is -2.47. The lowest BCUT2D eigenvalue weighted by atomic mass is 10.2. The number of nitrogens with zero attached hydrogens (tertiary/aromatic N) is 4. The second kappa shape index (κ2) is 10.7. The number of benzene rings is 1. The molecule has 0 spiro atoms. The molecule has 0 unspecified atom stereocenters. The molecule has 0 aliphatic carbocycles. The van der Waals surface area contributed by atoms with Gasteiger partial charge in [-0.25, -0.2) is 4.98 Å². The second-order valence-electron chi connectivity index (χ2n) is 6.98. The van der Waals surface area contributed by atoms with E-state index in [1.165, 1.54) is 24.8 Å². The number of unbranched alkanes of at least 4 members (excludes halogenated alkanes) is 2. The molecular weight excluding hydrogens is 334 g/mol. The number of hydrogen-bond acceptors (Lipinski definition) is 5. The van der Waals surface area contributed by atoms with Crippen LogP contribution < -0.4 is 10.2 Å². The maximum absolute atomic E-state index is 4.69. The smallest absolute Gasteiger partial charge is 0.227 e. The normalized spacial score (nSPS) is 15.4. The Morgan fingerprint density at radius 2 is 1.85 bits per heavy atom. The van der Waals surface area contributed by atoms with Gasteiger partial charge in [0.15, 0.2) is 0 Å². The Balaban J connectivity index is 1.44. The molecule has 27 heavy (non-hydrogen) atoms. The van der Waals surface area contributed by atoms with Gasteiger partial charge in [-0.05, 0) is 18.1 Å². The molecule has 0 bridgehead atoms. The zero-order valence-corrected chi connectivity index (χ0v) is 16.3. The molecule has 2 heterocycles. The van der Waals surface area contributed by atoms with Gasteiger partial charge in [0.25, 0.3) is 0 Å². The highest BCUT2D eigenvalue weighted by Crippen LogP contribution is 2.14. The van der Waals surface area contributed by atoms with Crippen molar-refractivity contribution in [2.45, 2.75) is 26.2 Å². The van der Waals surface area contributed by atoms with Crippen LogP contribution in [0.4, 0.5) is 11.8 Å². The van der Waals surface area contributed by atoms with E-state index in [-0.39, 0.29) is 0 Å². The lowest BCUT2D eigenvalue weighted by Gasteiger charge is -2.34. The van der Waals surface area contributed by atoms with Gasteiger partial charge >= 0.3 is 0 Å². The van der Waals surface area contributed by atoms with Gasteiger partial charge in [0, 0.05) is 45.5 Å². The summed E-state index contributed by atoms with van der Waals surface area (Å²) in [6, 6.07) is 12.4. The maximum Gasteiger partial charge on any atom is 0.227 e. The maximum atomic E-state index is 4.69. The molecule has 1 N–H and O–H groups in total. The Labute approximate surface area is 163 Å². The summed E-state index contributed by atoms with van der Waals surface area (Å²) in [5, 5.41) is 3.41. The fraction of sp³-hybridized carbons (Fsp3) is 0.455. The fourth-order valence-corrected chi connectivity index (χ4v) is 3.22. The number of piperazine rings is 1. The van der Waals surface area contributed by atoms with E-state index in [0.29, 0.717) is 0 Å². The quantitative estimate of drug-likeness (QED) is 0.683. The van der Waals surface area contributed by atoms with Gasteiger partial charge in [-0.1, -0.05) is 62.2 Å². The third kappa shape index (κ3) is 6.36. The Morgan fingerprint density at radius 3 is 2.63 bits per heavy atom. The Morgan fingerprint density at radius 1 is 1.04 bits per heavy atom. The first-order chi connectivity index (χ1) is 13.3. The second-order valence-corrected chi connectivity index (χ2v) is 6.98. The van der Waals surface area contributed by atoms with Gasteiger partial charge in [-0.3, -0.25) is 4.90 Å². The average Bonchev–Trinajstić information content (AvgIpc) is 2.73. The summed E-state index contributed by atoms with van der Waals surface area (Å²) in [5.74, 6) is 1.78. The zero-order chi connectivity index (χ0) is 18.7. The summed E-state index contributed by atoms with van der Waals surface area (Å²) in [6.45, 7) is 8.21. The van der Waals surface area contributed by atoms with E-state index in [4.69, 9.17) is 4.98 Å².